The van der Waals surface area contributed by atoms with Crippen molar-refractivity contribution in [1.29, 1.82) is 0 Å². The third kappa shape index (κ3) is 4.24. The van der Waals surface area contributed by atoms with E-state index in [9.17, 15) is 14.7 Å². The second kappa shape index (κ2) is 9.39. The number of methoxy groups -OCH3 is 1. The second-order valence-electron chi connectivity index (χ2n) is 8.45. The van der Waals surface area contributed by atoms with Crippen LogP contribution in [0.4, 0.5) is 5.69 Å². The molecule has 0 radical (unpaired) electrons. The first-order chi connectivity index (χ1) is 16.3. The average Bonchev–Trinajstić information content (AvgIpc) is 3.09. The molecular formula is C27H27N3O4. The highest BCUT2D eigenvalue weighted by Crippen LogP contribution is 2.41. The van der Waals surface area contributed by atoms with Gasteiger partial charge in [0.25, 0.3) is 11.7 Å². The molecule has 1 atom stereocenters. The van der Waals surface area contributed by atoms with Crippen LogP contribution >= 0.6 is 0 Å². The fraction of sp³-hybridized carbons (Fsp3) is 0.222. The predicted octanol–water partition coefficient (Wildman–Crippen LogP) is 4.09. The molecule has 1 fully saturated rings. The van der Waals surface area contributed by atoms with E-state index >= 15 is 0 Å². The van der Waals surface area contributed by atoms with Gasteiger partial charge in [0.1, 0.15) is 11.5 Å². The molecule has 1 N–H and O–H groups in total. The maximum Gasteiger partial charge on any atom is 0.295 e. The second-order valence-corrected chi connectivity index (χ2v) is 8.45. The zero-order valence-corrected chi connectivity index (χ0v) is 19.6. The number of Topliss-reactive ketones (excluding diaryl/α,β-unsaturated/α-hetero) is 1. The summed E-state index contributed by atoms with van der Waals surface area (Å²) in [6, 6.07) is 15.7. The first kappa shape index (κ1) is 23.0. The van der Waals surface area contributed by atoms with Gasteiger partial charge in [-0.15, -0.1) is 0 Å². The van der Waals surface area contributed by atoms with Gasteiger partial charge in [0.05, 0.1) is 18.7 Å². The number of likely N-dealkylation sites (tertiary alicyclic amines) is 1. The molecule has 0 aliphatic carbocycles. The molecule has 3 aromatic rings. The molecule has 1 unspecified atom stereocenters. The summed E-state index contributed by atoms with van der Waals surface area (Å²) in [5.41, 5.74) is 3.86. The maximum absolute atomic E-state index is 13.3. The summed E-state index contributed by atoms with van der Waals surface area (Å²) in [6.07, 6.45) is 3.29. The molecule has 1 amide bonds. The van der Waals surface area contributed by atoms with Crippen LogP contribution in [0, 0.1) is 6.92 Å². The Bertz CT molecular complexity index is 1250. The van der Waals surface area contributed by atoms with E-state index in [0.29, 0.717) is 11.3 Å². The molecule has 7 heteroatoms. The van der Waals surface area contributed by atoms with Gasteiger partial charge in [-0.2, -0.15) is 0 Å². The number of aliphatic hydroxyl groups is 1. The van der Waals surface area contributed by atoms with Crippen LogP contribution in [0.2, 0.25) is 0 Å². The minimum atomic E-state index is -0.731. The zero-order valence-electron chi connectivity index (χ0n) is 19.6. The third-order valence-corrected chi connectivity index (χ3v) is 6.06. The van der Waals surface area contributed by atoms with Crippen LogP contribution in [0.1, 0.15) is 28.3 Å². The van der Waals surface area contributed by atoms with E-state index in [1.165, 1.54) is 4.90 Å². The number of aromatic nitrogens is 1. The van der Waals surface area contributed by atoms with Gasteiger partial charge in [0, 0.05) is 44.3 Å². The Labute approximate surface area is 198 Å². The minimum absolute atomic E-state index is 0.0740. The largest absolute Gasteiger partial charge is 0.507 e. The molecule has 0 spiro atoms. The molecule has 1 saturated heterocycles. The fourth-order valence-corrected chi connectivity index (χ4v) is 4.20. The molecule has 0 saturated carbocycles. The number of amides is 1. The van der Waals surface area contributed by atoms with Crippen LogP contribution in [0.15, 0.2) is 72.6 Å². The lowest BCUT2D eigenvalue weighted by molar-refractivity contribution is -0.140. The van der Waals surface area contributed by atoms with Crippen LogP contribution in [0.3, 0.4) is 0 Å². The van der Waals surface area contributed by atoms with Crippen molar-refractivity contribution in [2.24, 2.45) is 0 Å². The number of benzene rings is 2. The van der Waals surface area contributed by atoms with Gasteiger partial charge >= 0.3 is 0 Å². The summed E-state index contributed by atoms with van der Waals surface area (Å²) in [5.74, 6) is -0.907. The number of pyridine rings is 1. The molecule has 34 heavy (non-hydrogen) atoms. The van der Waals surface area contributed by atoms with Gasteiger partial charge in [-0.3, -0.25) is 14.6 Å². The maximum atomic E-state index is 13.3. The summed E-state index contributed by atoms with van der Waals surface area (Å²) in [7, 11) is 5.45. The highest BCUT2D eigenvalue weighted by molar-refractivity contribution is 6.46. The fourth-order valence-electron chi connectivity index (χ4n) is 4.20. The van der Waals surface area contributed by atoms with Crippen molar-refractivity contribution in [3.8, 4) is 5.75 Å². The third-order valence-electron chi connectivity index (χ3n) is 6.06. The van der Waals surface area contributed by atoms with E-state index in [4.69, 9.17) is 4.74 Å². The number of hydrogen-bond donors (Lipinski definition) is 1. The number of hydrogen-bond acceptors (Lipinski definition) is 6. The Kier molecular flexibility index (Phi) is 6.36. The van der Waals surface area contributed by atoms with Gasteiger partial charge in [-0.05, 0) is 66.1 Å². The van der Waals surface area contributed by atoms with Crippen LogP contribution < -0.4 is 9.64 Å². The monoisotopic (exact) mass is 457 g/mol. The van der Waals surface area contributed by atoms with Crippen LogP contribution in [0.5, 0.6) is 5.75 Å². The molecule has 2 aromatic carbocycles. The van der Waals surface area contributed by atoms with Crippen LogP contribution in [-0.4, -0.2) is 47.9 Å². The van der Waals surface area contributed by atoms with Crippen LogP contribution in [-0.2, 0) is 16.1 Å². The zero-order chi connectivity index (χ0) is 24.4. The van der Waals surface area contributed by atoms with E-state index in [1.807, 2.05) is 50.2 Å². The summed E-state index contributed by atoms with van der Waals surface area (Å²) < 4.78 is 5.26. The standard InChI is InChI=1S/C27H27N3O4/c1-17-15-21(34-4)9-10-22(17)25(31)23-24(19-5-7-20(8-6-19)29(2)3)30(27(33)26(23)32)16-18-11-13-28-14-12-18/h5-15,24,31H,16H2,1-4H3/b25-23-. The van der Waals surface area contributed by atoms with Crippen molar-refractivity contribution in [2.75, 3.05) is 26.1 Å². The number of ether oxygens (including phenoxy) is 1. The molecule has 0 bridgehead atoms. The molecule has 1 aromatic heterocycles. The molecule has 1 aliphatic rings. The summed E-state index contributed by atoms with van der Waals surface area (Å²) in [4.78, 5) is 34.0. The highest BCUT2D eigenvalue weighted by Gasteiger charge is 2.46. The van der Waals surface area contributed by atoms with Crippen molar-refractivity contribution in [3.05, 3.63) is 94.8 Å². The molecule has 2 heterocycles. The molecule has 4 rings (SSSR count). The first-order valence-corrected chi connectivity index (χ1v) is 10.9. The normalized spacial score (nSPS) is 17.2. The van der Waals surface area contributed by atoms with Gasteiger partial charge in [-0.25, -0.2) is 0 Å². The van der Waals surface area contributed by atoms with Gasteiger partial charge in [0.15, 0.2) is 0 Å². The number of aliphatic hydroxyl groups excluding tert-OH is 1. The lowest BCUT2D eigenvalue weighted by atomic mass is 9.93. The minimum Gasteiger partial charge on any atom is -0.507 e. The summed E-state index contributed by atoms with van der Waals surface area (Å²) in [5, 5.41) is 11.3. The number of anilines is 1. The Morgan fingerprint density at radius 1 is 1.06 bits per heavy atom. The van der Waals surface area contributed by atoms with Gasteiger partial charge in [0.2, 0.25) is 0 Å². The Morgan fingerprint density at radius 3 is 2.32 bits per heavy atom. The van der Waals surface area contributed by atoms with E-state index in [2.05, 4.69) is 4.98 Å². The summed E-state index contributed by atoms with van der Waals surface area (Å²) in [6.45, 7) is 2.04. The van der Waals surface area contributed by atoms with Crippen molar-refractivity contribution >= 4 is 23.1 Å². The molecule has 1 aliphatic heterocycles. The predicted molar refractivity (Wildman–Crippen MR) is 131 cm³/mol. The number of carbonyl (C=O) groups is 2. The highest BCUT2D eigenvalue weighted by atomic mass is 16.5. The number of aryl methyl sites for hydroxylation is 1. The van der Waals surface area contributed by atoms with E-state index in [1.54, 1.807) is 49.8 Å². The lowest BCUT2D eigenvalue weighted by Crippen LogP contribution is -2.29. The quantitative estimate of drug-likeness (QED) is 0.341. The van der Waals surface area contributed by atoms with E-state index in [-0.39, 0.29) is 17.9 Å². The van der Waals surface area contributed by atoms with Gasteiger partial charge in [-0.1, -0.05) is 12.1 Å². The number of rotatable bonds is 6. The molecular weight excluding hydrogens is 430 g/mol. The van der Waals surface area contributed by atoms with Gasteiger partial charge < -0.3 is 19.6 Å². The summed E-state index contributed by atoms with van der Waals surface area (Å²) >= 11 is 0. The SMILES string of the molecule is COc1ccc(/C(O)=C2/C(=O)C(=O)N(Cc3ccncc3)C2c2ccc(N(C)C)cc2)c(C)c1. The van der Waals surface area contributed by atoms with Crippen molar-refractivity contribution in [1.82, 2.24) is 9.88 Å². The molecule has 174 valence electrons. The Hall–Kier alpha value is -4.13. The van der Waals surface area contributed by atoms with E-state index < -0.39 is 17.7 Å². The lowest BCUT2D eigenvalue weighted by Gasteiger charge is -2.26. The van der Waals surface area contributed by atoms with Crippen molar-refractivity contribution in [3.63, 3.8) is 0 Å². The molecule has 7 nitrogen and oxygen atoms in total. The first-order valence-electron chi connectivity index (χ1n) is 10.9. The Balaban J connectivity index is 1.87. The van der Waals surface area contributed by atoms with E-state index in [0.717, 1.165) is 22.4 Å². The van der Waals surface area contributed by atoms with Crippen molar-refractivity contribution in [2.45, 2.75) is 19.5 Å². The van der Waals surface area contributed by atoms with Crippen molar-refractivity contribution < 1.29 is 19.4 Å². The number of carbonyl (C=O) groups excluding carboxylic acids is 2. The number of nitrogens with zero attached hydrogens (tertiary/aromatic N) is 3. The average molecular weight is 458 g/mol. The number of ketones is 1. The smallest absolute Gasteiger partial charge is 0.295 e. The van der Waals surface area contributed by atoms with Crippen LogP contribution in [0.25, 0.3) is 5.76 Å². The Morgan fingerprint density at radius 2 is 1.74 bits per heavy atom. The topological polar surface area (TPSA) is 83.0 Å².